The van der Waals surface area contributed by atoms with E-state index in [9.17, 15) is 0 Å². The normalized spacial score (nSPS) is 11.9. The Morgan fingerprint density at radius 2 is 1.75 bits per heavy atom. The lowest BCUT2D eigenvalue weighted by molar-refractivity contribution is 0.832. The van der Waals surface area contributed by atoms with E-state index in [0.29, 0.717) is 5.92 Å². The average molecular weight is 213 g/mol. The molecular weight excluding hydrogens is 194 g/mol. The predicted molar refractivity (Wildman–Crippen MR) is 73.2 cm³/mol. The van der Waals surface area contributed by atoms with Crippen LogP contribution in [-0.2, 0) is 0 Å². The standard InChI is InChI=1S/C15H19N/c1-12(2)8-6-7-9-13(3)16-14(4)10-11-15(16)5/h6-12H,3-5H2,1-2H3/b8-6+,9-7-. The van der Waals surface area contributed by atoms with Gasteiger partial charge in [0, 0.05) is 16.4 Å². The molecule has 1 heteroatoms. The van der Waals surface area contributed by atoms with E-state index in [1.54, 1.807) is 0 Å². The Bertz CT molecular complexity index is 485. The van der Waals surface area contributed by atoms with Crippen molar-refractivity contribution < 1.29 is 0 Å². The molecule has 1 heterocycles. The highest BCUT2D eigenvalue weighted by atomic mass is 15.0. The first-order valence-corrected chi connectivity index (χ1v) is 5.42. The lowest BCUT2D eigenvalue weighted by Crippen LogP contribution is -2.22. The van der Waals surface area contributed by atoms with E-state index in [1.165, 1.54) is 0 Å². The fourth-order valence-electron chi connectivity index (χ4n) is 1.42. The molecule has 0 fully saturated rings. The Hall–Kier alpha value is -1.76. The minimum Gasteiger partial charge on any atom is -0.312 e. The van der Waals surface area contributed by atoms with Crippen LogP contribution in [0.25, 0.3) is 18.9 Å². The largest absolute Gasteiger partial charge is 0.312 e. The van der Waals surface area contributed by atoms with Crippen molar-refractivity contribution in [1.29, 1.82) is 0 Å². The number of nitrogens with zero attached hydrogens (tertiary/aromatic N) is 1. The second-order valence-electron chi connectivity index (χ2n) is 4.13. The fourth-order valence-corrected chi connectivity index (χ4v) is 1.42. The molecule has 1 aromatic rings. The van der Waals surface area contributed by atoms with Crippen LogP contribution in [0.15, 0.2) is 43.0 Å². The zero-order chi connectivity index (χ0) is 12.1. The third-order valence-corrected chi connectivity index (χ3v) is 2.23. The van der Waals surface area contributed by atoms with Gasteiger partial charge in [-0.3, -0.25) is 0 Å². The van der Waals surface area contributed by atoms with Crippen molar-refractivity contribution in [3.05, 3.63) is 53.7 Å². The highest BCUT2D eigenvalue weighted by Gasteiger charge is 1.94. The first kappa shape index (κ1) is 12.3. The van der Waals surface area contributed by atoms with Crippen molar-refractivity contribution >= 4 is 18.9 Å². The molecule has 0 aliphatic carbocycles. The lowest BCUT2D eigenvalue weighted by Gasteiger charge is -2.02. The smallest absolute Gasteiger partial charge is 0.0390 e. The van der Waals surface area contributed by atoms with Gasteiger partial charge in [-0.15, -0.1) is 0 Å². The Balaban J connectivity index is 2.82. The van der Waals surface area contributed by atoms with Crippen molar-refractivity contribution in [2.75, 3.05) is 0 Å². The molecule has 16 heavy (non-hydrogen) atoms. The first-order chi connectivity index (χ1) is 7.52. The zero-order valence-corrected chi connectivity index (χ0v) is 10.1. The summed E-state index contributed by atoms with van der Waals surface area (Å²) in [6.07, 6.45) is 8.12. The Morgan fingerprint density at radius 3 is 2.25 bits per heavy atom. The zero-order valence-electron chi connectivity index (χ0n) is 10.1. The van der Waals surface area contributed by atoms with Crippen LogP contribution in [0.3, 0.4) is 0 Å². The highest BCUT2D eigenvalue weighted by molar-refractivity contribution is 5.55. The van der Waals surface area contributed by atoms with Gasteiger partial charge in [0.2, 0.25) is 0 Å². The molecule has 1 aromatic heterocycles. The highest BCUT2D eigenvalue weighted by Crippen LogP contribution is 1.98. The van der Waals surface area contributed by atoms with E-state index in [2.05, 4.69) is 39.7 Å². The topological polar surface area (TPSA) is 4.93 Å². The van der Waals surface area contributed by atoms with Crippen LogP contribution < -0.4 is 10.7 Å². The average Bonchev–Trinajstić information content (AvgIpc) is 2.53. The number of rotatable bonds is 4. The van der Waals surface area contributed by atoms with Gasteiger partial charge in [0.1, 0.15) is 0 Å². The van der Waals surface area contributed by atoms with Crippen molar-refractivity contribution in [3.8, 4) is 0 Å². The molecule has 84 valence electrons. The number of hydrogen-bond acceptors (Lipinski definition) is 0. The molecular formula is C15H19N. The first-order valence-electron chi connectivity index (χ1n) is 5.42. The molecule has 0 radical (unpaired) electrons. The molecule has 0 spiro atoms. The summed E-state index contributed by atoms with van der Waals surface area (Å²) in [5.74, 6) is 0.566. The van der Waals surface area contributed by atoms with Crippen LogP contribution >= 0.6 is 0 Å². The van der Waals surface area contributed by atoms with Crippen LogP contribution in [0.5, 0.6) is 0 Å². The van der Waals surface area contributed by atoms with Crippen molar-refractivity contribution in [2.24, 2.45) is 5.92 Å². The number of hydrogen-bond donors (Lipinski definition) is 0. The third-order valence-electron chi connectivity index (χ3n) is 2.23. The molecule has 0 aromatic carbocycles. The SMILES string of the molecule is C=C(/C=C\C=C\C(C)C)n1c(=C)ccc1=C. The molecule has 0 amide bonds. The van der Waals surface area contributed by atoms with Crippen molar-refractivity contribution in [2.45, 2.75) is 13.8 Å². The summed E-state index contributed by atoms with van der Waals surface area (Å²) in [7, 11) is 0. The second-order valence-corrected chi connectivity index (χ2v) is 4.13. The molecule has 0 saturated carbocycles. The van der Waals surface area contributed by atoms with Crippen molar-refractivity contribution in [3.63, 3.8) is 0 Å². The van der Waals surface area contributed by atoms with Gasteiger partial charge in [-0.05, 0) is 24.1 Å². The van der Waals surface area contributed by atoms with E-state index in [-0.39, 0.29) is 0 Å². The van der Waals surface area contributed by atoms with Crippen LogP contribution in [-0.4, -0.2) is 4.57 Å². The van der Waals surface area contributed by atoms with Gasteiger partial charge in [-0.25, -0.2) is 0 Å². The van der Waals surface area contributed by atoms with E-state index < -0.39 is 0 Å². The van der Waals surface area contributed by atoms with E-state index in [4.69, 9.17) is 0 Å². The number of aromatic nitrogens is 1. The van der Waals surface area contributed by atoms with Gasteiger partial charge >= 0.3 is 0 Å². The molecule has 0 unspecified atom stereocenters. The summed E-state index contributed by atoms with van der Waals surface area (Å²) in [4.78, 5) is 0. The lowest BCUT2D eigenvalue weighted by atomic mass is 10.2. The predicted octanol–water partition coefficient (Wildman–Crippen LogP) is 2.55. The minimum atomic E-state index is 0.566. The molecule has 0 aliphatic rings. The van der Waals surface area contributed by atoms with E-state index >= 15 is 0 Å². The second kappa shape index (κ2) is 5.36. The fraction of sp³-hybridized carbons (Fsp3) is 0.200. The van der Waals surface area contributed by atoms with Crippen LogP contribution in [0.4, 0.5) is 0 Å². The van der Waals surface area contributed by atoms with E-state index in [1.807, 2.05) is 34.9 Å². The maximum absolute atomic E-state index is 4.00. The number of allylic oxidation sites excluding steroid dienone is 5. The van der Waals surface area contributed by atoms with Crippen LogP contribution in [0.2, 0.25) is 0 Å². The van der Waals surface area contributed by atoms with Gasteiger partial charge in [-0.2, -0.15) is 0 Å². The monoisotopic (exact) mass is 213 g/mol. The van der Waals surface area contributed by atoms with Gasteiger partial charge in [0.15, 0.2) is 0 Å². The summed E-state index contributed by atoms with van der Waals surface area (Å²) >= 11 is 0. The quantitative estimate of drug-likeness (QED) is 0.677. The van der Waals surface area contributed by atoms with E-state index in [0.717, 1.165) is 16.4 Å². The Kier molecular flexibility index (Phi) is 4.12. The van der Waals surface area contributed by atoms with Crippen LogP contribution in [0, 0.1) is 5.92 Å². The summed E-state index contributed by atoms with van der Waals surface area (Å²) in [6.45, 7) is 16.1. The minimum absolute atomic E-state index is 0.566. The summed E-state index contributed by atoms with van der Waals surface area (Å²) < 4.78 is 1.93. The summed E-state index contributed by atoms with van der Waals surface area (Å²) in [5, 5.41) is 1.82. The molecule has 0 aliphatic heterocycles. The van der Waals surface area contributed by atoms with Gasteiger partial charge in [0.05, 0.1) is 0 Å². The van der Waals surface area contributed by atoms with Gasteiger partial charge < -0.3 is 4.57 Å². The summed E-state index contributed by atoms with van der Waals surface area (Å²) in [6, 6.07) is 3.87. The molecule has 0 N–H and O–H groups in total. The van der Waals surface area contributed by atoms with Gasteiger partial charge in [0.25, 0.3) is 0 Å². The van der Waals surface area contributed by atoms with Gasteiger partial charge in [-0.1, -0.05) is 51.8 Å². The van der Waals surface area contributed by atoms with Crippen molar-refractivity contribution in [1.82, 2.24) is 4.57 Å². The Morgan fingerprint density at radius 1 is 1.19 bits per heavy atom. The molecule has 1 nitrogen and oxygen atoms in total. The third kappa shape index (κ3) is 3.13. The molecule has 0 bridgehead atoms. The molecule has 0 atom stereocenters. The maximum Gasteiger partial charge on any atom is 0.0390 e. The maximum atomic E-state index is 4.00. The molecule has 1 rings (SSSR count). The van der Waals surface area contributed by atoms with Crippen LogP contribution in [0.1, 0.15) is 13.8 Å². The summed E-state index contributed by atoms with van der Waals surface area (Å²) in [5.41, 5.74) is 0.883. The Labute approximate surface area is 97.4 Å². The molecule has 0 saturated heterocycles.